The molecule has 0 aliphatic rings. The minimum Gasteiger partial charge on any atom is -0.451 e. The van der Waals surface area contributed by atoms with E-state index < -0.39 is 6.10 Å². The highest BCUT2D eigenvalue weighted by atomic mass is 79.9. The van der Waals surface area contributed by atoms with Gasteiger partial charge in [-0.25, -0.2) is 0 Å². The van der Waals surface area contributed by atoms with Crippen LogP contribution < -0.4 is 0 Å². The van der Waals surface area contributed by atoms with Crippen LogP contribution >= 0.6 is 43.2 Å². The maximum Gasteiger partial charge on any atom is 0.169 e. The number of hydrogen-bond acceptors (Lipinski definition) is 3. The molecule has 1 aromatic carbocycles. The smallest absolute Gasteiger partial charge is 0.169 e. The molecule has 0 saturated carbocycles. The molecule has 0 aliphatic carbocycles. The topological polar surface area (TPSA) is 33.4 Å². The zero-order valence-corrected chi connectivity index (χ0v) is 13.0. The van der Waals surface area contributed by atoms with Crippen LogP contribution in [0.5, 0.6) is 0 Å². The third-order valence-electron chi connectivity index (χ3n) is 2.74. The van der Waals surface area contributed by atoms with E-state index in [1.807, 2.05) is 23.6 Å². The Hall–Kier alpha value is -0.620. The fourth-order valence-corrected chi connectivity index (χ4v) is 3.84. The number of halogens is 2. The van der Waals surface area contributed by atoms with Gasteiger partial charge in [-0.15, -0.1) is 11.3 Å². The van der Waals surface area contributed by atoms with Crippen molar-refractivity contribution in [3.05, 3.63) is 56.2 Å². The summed E-state index contributed by atoms with van der Waals surface area (Å²) in [6.45, 7) is 0. The Balaban J connectivity index is 2.12. The first kappa shape index (κ1) is 12.4. The molecular weight excluding hydrogens is 380 g/mol. The van der Waals surface area contributed by atoms with Gasteiger partial charge < -0.3 is 9.52 Å². The van der Waals surface area contributed by atoms with Gasteiger partial charge in [0, 0.05) is 14.7 Å². The summed E-state index contributed by atoms with van der Waals surface area (Å²) >= 11 is 8.37. The first-order valence-electron chi connectivity index (χ1n) is 5.25. The third-order valence-corrected chi connectivity index (χ3v) is 5.14. The monoisotopic (exact) mass is 386 g/mol. The zero-order valence-electron chi connectivity index (χ0n) is 9.06. The Kier molecular flexibility index (Phi) is 3.32. The van der Waals surface area contributed by atoms with Crippen LogP contribution in [0.25, 0.3) is 10.1 Å². The van der Waals surface area contributed by atoms with Crippen molar-refractivity contribution in [2.45, 2.75) is 6.10 Å². The summed E-state index contributed by atoms with van der Waals surface area (Å²) in [6.07, 6.45) is -0.737. The van der Waals surface area contributed by atoms with E-state index in [0.29, 0.717) is 10.4 Å². The maximum atomic E-state index is 10.4. The number of benzene rings is 1. The lowest BCUT2D eigenvalue weighted by molar-refractivity contribution is 0.189. The lowest BCUT2D eigenvalue weighted by atomic mass is 10.1. The molecule has 0 saturated heterocycles. The number of furan rings is 1. The van der Waals surface area contributed by atoms with E-state index in [-0.39, 0.29) is 0 Å². The summed E-state index contributed by atoms with van der Waals surface area (Å²) in [4.78, 5) is 0. The van der Waals surface area contributed by atoms with Gasteiger partial charge in [0.15, 0.2) is 4.67 Å². The van der Waals surface area contributed by atoms with Crippen LogP contribution in [0.4, 0.5) is 0 Å². The second-order valence-corrected chi connectivity index (χ2v) is 6.37. The normalized spacial score (nSPS) is 13.1. The Morgan fingerprint density at radius 1 is 1.17 bits per heavy atom. The molecule has 1 atom stereocenters. The molecule has 92 valence electrons. The summed E-state index contributed by atoms with van der Waals surface area (Å²) in [7, 11) is 0. The summed E-state index contributed by atoms with van der Waals surface area (Å²) < 4.78 is 8.21. The fraction of sp³-hybridized carbons (Fsp3) is 0.0769. The van der Waals surface area contributed by atoms with E-state index in [9.17, 15) is 5.11 Å². The predicted octanol–water partition coefficient (Wildman–Crippen LogP) is 5.10. The molecule has 0 radical (unpaired) electrons. The molecule has 0 bridgehead atoms. The largest absolute Gasteiger partial charge is 0.451 e. The van der Waals surface area contributed by atoms with E-state index >= 15 is 0 Å². The minimum atomic E-state index is -0.737. The van der Waals surface area contributed by atoms with Crippen molar-refractivity contribution >= 4 is 53.3 Å². The summed E-state index contributed by atoms with van der Waals surface area (Å²) in [5.74, 6) is 0.543. The van der Waals surface area contributed by atoms with Crippen molar-refractivity contribution in [1.29, 1.82) is 0 Å². The quantitative estimate of drug-likeness (QED) is 0.663. The lowest BCUT2D eigenvalue weighted by Gasteiger charge is -2.06. The van der Waals surface area contributed by atoms with E-state index in [1.54, 1.807) is 23.5 Å². The third kappa shape index (κ3) is 2.05. The van der Waals surface area contributed by atoms with Crippen LogP contribution in [0.1, 0.15) is 17.4 Å². The molecule has 2 aromatic heterocycles. The van der Waals surface area contributed by atoms with Crippen molar-refractivity contribution < 1.29 is 9.52 Å². The van der Waals surface area contributed by atoms with Crippen LogP contribution in [0, 0.1) is 0 Å². The molecule has 18 heavy (non-hydrogen) atoms. The van der Waals surface area contributed by atoms with Gasteiger partial charge in [0.25, 0.3) is 0 Å². The Labute approximate surface area is 124 Å². The molecule has 0 fully saturated rings. The minimum absolute atomic E-state index is 0.543. The molecule has 5 heteroatoms. The highest BCUT2D eigenvalue weighted by molar-refractivity contribution is 9.10. The van der Waals surface area contributed by atoms with Gasteiger partial charge in [-0.05, 0) is 60.8 Å². The zero-order chi connectivity index (χ0) is 12.7. The summed E-state index contributed by atoms with van der Waals surface area (Å²) in [6, 6.07) is 9.53. The van der Waals surface area contributed by atoms with Crippen molar-refractivity contribution in [3.8, 4) is 0 Å². The van der Waals surface area contributed by atoms with Gasteiger partial charge in [0.2, 0.25) is 0 Å². The van der Waals surface area contributed by atoms with Crippen LogP contribution in [-0.4, -0.2) is 5.11 Å². The van der Waals surface area contributed by atoms with Crippen molar-refractivity contribution in [1.82, 2.24) is 0 Å². The standard InChI is InChI=1S/C13H8Br2O2S/c14-9-3-1-2-7-8(6-18-13(7)9)12(16)10-4-5-11(15)17-10/h1-6,12,16H. The summed E-state index contributed by atoms with van der Waals surface area (Å²) in [5.41, 5.74) is 0.873. The molecule has 1 unspecified atom stereocenters. The number of aliphatic hydroxyl groups excluding tert-OH is 1. The molecule has 2 heterocycles. The lowest BCUT2D eigenvalue weighted by Crippen LogP contribution is -1.96. The Morgan fingerprint density at radius 3 is 2.72 bits per heavy atom. The van der Waals surface area contributed by atoms with Gasteiger partial charge >= 0.3 is 0 Å². The molecule has 3 rings (SSSR count). The fourth-order valence-electron chi connectivity index (χ4n) is 1.88. The van der Waals surface area contributed by atoms with Gasteiger partial charge in [-0.1, -0.05) is 12.1 Å². The van der Waals surface area contributed by atoms with Crippen LogP contribution in [0.2, 0.25) is 0 Å². The molecule has 0 aliphatic heterocycles. The van der Waals surface area contributed by atoms with Crippen molar-refractivity contribution in [2.24, 2.45) is 0 Å². The molecular formula is C13H8Br2O2S. The molecule has 1 N–H and O–H groups in total. The number of thiophene rings is 1. The molecule has 2 nitrogen and oxygen atoms in total. The highest BCUT2D eigenvalue weighted by Crippen LogP contribution is 2.37. The predicted molar refractivity (Wildman–Crippen MR) is 80.0 cm³/mol. The van der Waals surface area contributed by atoms with E-state index in [2.05, 4.69) is 31.9 Å². The van der Waals surface area contributed by atoms with Crippen LogP contribution in [-0.2, 0) is 0 Å². The second-order valence-electron chi connectivity index (χ2n) is 3.85. The first-order valence-corrected chi connectivity index (χ1v) is 7.72. The van der Waals surface area contributed by atoms with Gasteiger partial charge in [0.05, 0.1) is 0 Å². The highest BCUT2D eigenvalue weighted by Gasteiger charge is 2.19. The van der Waals surface area contributed by atoms with Crippen LogP contribution in [0.3, 0.4) is 0 Å². The molecule has 3 aromatic rings. The molecule has 0 amide bonds. The average molecular weight is 388 g/mol. The molecule has 0 spiro atoms. The number of rotatable bonds is 2. The Morgan fingerprint density at radius 2 is 2.00 bits per heavy atom. The van der Waals surface area contributed by atoms with Crippen molar-refractivity contribution in [2.75, 3.05) is 0 Å². The summed E-state index contributed by atoms with van der Waals surface area (Å²) in [5, 5.41) is 13.4. The van der Waals surface area contributed by atoms with E-state index in [1.165, 1.54) is 0 Å². The van der Waals surface area contributed by atoms with Gasteiger partial charge in [-0.2, -0.15) is 0 Å². The SMILES string of the molecule is OC(c1ccc(Br)o1)c1csc2c(Br)cccc12. The Bertz CT molecular complexity index is 702. The number of fused-ring (bicyclic) bond motifs is 1. The average Bonchev–Trinajstić information content (AvgIpc) is 2.95. The first-order chi connectivity index (χ1) is 8.66. The van der Waals surface area contributed by atoms with E-state index in [0.717, 1.165) is 20.1 Å². The van der Waals surface area contributed by atoms with E-state index in [4.69, 9.17) is 4.42 Å². The van der Waals surface area contributed by atoms with Crippen molar-refractivity contribution in [3.63, 3.8) is 0 Å². The van der Waals surface area contributed by atoms with Gasteiger partial charge in [0.1, 0.15) is 11.9 Å². The second kappa shape index (κ2) is 4.81. The maximum absolute atomic E-state index is 10.4. The van der Waals surface area contributed by atoms with Gasteiger partial charge in [-0.3, -0.25) is 0 Å². The number of hydrogen-bond donors (Lipinski definition) is 1. The van der Waals surface area contributed by atoms with Crippen LogP contribution in [0.15, 0.2) is 49.3 Å². The number of aliphatic hydroxyl groups is 1.